The molecular formula is C16H24N2O2. The number of methoxy groups -OCH3 is 1. The van der Waals surface area contributed by atoms with Crippen LogP contribution in [0.25, 0.3) is 0 Å². The number of rotatable bonds is 5. The molecule has 1 aromatic rings. The van der Waals surface area contributed by atoms with Gasteiger partial charge in [-0.15, -0.1) is 0 Å². The molecule has 1 fully saturated rings. The molecule has 4 nitrogen and oxygen atoms in total. The number of carbonyl (C=O) groups excluding carboxylic acids is 1. The summed E-state index contributed by atoms with van der Waals surface area (Å²) in [5.74, 6) is 0.473. The predicted octanol–water partition coefficient (Wildman–Crippen LogP) is 1.90. The molecule has 0 spiro atoms. The van der Waals surface area contributed by atoms with E-state index >= 15 is 0 Å². The predicted molar refractivity (Wildman–Crippen MR) is 79.7 cm³/mol. The summed E-state index contributed by atoms with van der Waals surface area (Å²) in [7, 11) is 3.56. The molecule has 0 aromatic heterocycles. The highest BCUT2D eigenvalue weighted by molar-refractivity contribution is 5.89. The summed E-state index contributed by atoms with van der Waals surface area (Å²) >= 11 is 0. The molecule has 1 aromatic carbocycles. The Bertz CT molecular complexity index is 425. The first-order valence-electron chi connectivity index (χ1n) is 7.25. The average molecular weight is 276 g/mol. The van der Waals surface area contributed by atoms with Gasteiger partial charge in [0.15, 0.2) is 0 Å². The SMILES string of the molecule is COC(=O)c1ccc(CN(C)CC2CCCNC2)cc1. The van der Waals surface area contributed by atoms with Gasteiger partial charge in [-0.3, -0.25) is 0 Å². The Balaban J connectivity index is 1.84. The van der Waals surface area contributed by atoms with Crippen LogP contribution in [-0.2, 0) is 11.3 Å². The van der Waals surface area contributed by atoms with E-state index in [0.29, 0.717) is 5.56 Å². The number of nitrogens with one attached hydrogen (secondary N) is 1. The van der Waals surface area contributed by atoms with Crippen LogP contribution in [-0.4, -0.2) is 44.7 Å². The summed E-state index contributed by atoms with van der Waals surface area (Å²) in [4.78, 5) is 13.7. The molecule has 1 N–H and O–H groups in total. The van der Waals surface area contributed by atoms with E-state index in [1.54, 1.807) is 0 Å². The van der Waals surface area contributed by atoms with Crippen molar-refractivity contribution in [3.8, 4) is 0 Å². The lowest BCUT2D eigenvalue weighted by Crippen LogP contribution is -2.36. The Morgan fingerprint density at radius 3 is 2.75 bits per heavy atom. The number of benzene rings is 1. The minimum Gasteiger partial charge on any atom is -0.465 e. The minimum atomic E-state index is -0.279. The molecule has 0 amide bonds. The summed E-state index contributed by atoms with van der Waals surface area (Å²) in [6.45, 7) is 4.32. The van der Waals surface area contributed by atoms with E-state index in [9.17, 15) is 4.79 Å². The standard InChI is InChI=1S/C16H24N2O2/c1-18(12-14-4-3-9-17-10-14)11-13-5-7-15(8-6-13)16(19)20-2/h5-8,14,17H,3-4,9-12H2,1-2H3. The Morgan fingerprint density at radius 1 is 1.40 bits per heavy atom. The smallest absolute Gasteiger partial charge is 0.337 e. The fourth-order valence-electron chi connectivity index (χ4n) is 2.76. The molecule has 1 aliphatic heterocycles. The third-order valence-electron chi connectivity index (χ3n) is 3.80. The molecule has 1 saturated heterocycles. The van der Waals surface area contributed by atoms with Crippen molar-refractivity contribution in [2.75, 3.05) is 33.8 Å². The number of ether oxygens (including phenoxy) is 1. The molecule has 0 saturated carbocycles. The van der Waals surface area contributed by atoms with Gasteiger partial charge in [0.1, 0.15) is 0 Å². The van der Waals surface area contributed by atoms with Crippen molar-refractivity contribution in [3.05, 3.63) is 35.4 Å². The van der Waals surface area contributed by atoms with Crippen molar-refractivity contribution in [3.63, 3.8) is 0 Å². The highest BCUT2D eigenvalue weighted by Gasteiger charge is 2.15. The molecule has 0 bridgehead atoms. The van der Waals surface area contributed by atoms with Crippen LogP contribution in [0, 0.1) is 5.92 Å². The summed E-state index contributed by atoms with van der Waals surface area (Å²) in [5.41, 5.74) is 1.83. The zero-order valence-electron chi connectivity index (χ0n) is 12.4. The fourth-order valence-corrected chi connectivity index (χ4v) is 2.76. The van der Waals surface area contributed by atoms with E-state index in [2.05, 4.69) is 17.3 Å². The van der Waals surface area contributed by atoms with Crippen molar-refractivity contribution < 1.29 is 9.53 Å². The molecule has 2 rings (SSSR count). The average Bonchev–Trinajstić information content (AvgIpc) is 2.48. The zero-order valence-corrected chi connectivity index (χ0v) is 12.4. The van der Waals surface area contributed by atoms with Gasteiger partial charge in [-0.1, -0.05) is 12.1 Å². The Kier molecular flexibility index (Phi) is 5.56. The summed E-state index contributed by atoms with van der Waals surface area (Å²) in [5, 5.41) is 3.45. The summed E-state index contributed by atoms with van der Waals surface area (Å²) < 4.78 is 4.70. The van der Waals surface area contributed by atoms with Gasteiger partial charge in [-0.25, -0.2) is 4.79 Å². The minimum absolute atomic E-state index is 0.279. The maximum Gasteiger partial charge on any atom is 0.337 e. The molecular weight excluding hydrogens is 252 g/mol. The van der Waals surface area contributed by atoms with Crippen LogP contribution in [0.1, 0.15) is 28.8 Å². The Labute approximate surface area is 121 Å². The quantitative estimate of drug-likeness (QED) is 0.834. The number of nitrogens with zero attached hydrogens (tertiary/aromatic N) is 1. The van der Waals surface area contributed by atoms with Gasteiger partial charge in [0, 0.05) is 13.1 Å². The van der Waals surface area contributed by atoms with Crippen LogP contribution in [0.2, 0.25) is 0 Å². The van der Waals surface area contributed by atoms with Crippen LogP contribution in [0.5, 0.6) is 0 Å². The van der Waals surface area contributed by atoms with Gasteiger partial charge in [0.2, 0.25) is 0 Å². The molecule has 0 radical (unpaired) electrons. The molecule has 1 unspecified atom stereocenters. The second-order valence-electron chi connectivity index (χ2n) is 5.60. The van der Waals surface area contributed by atoms with Gasteiger partial charge >= 0.3 is 5.97 Å². The second-order valence-corrected chi connectivity index (χ2v) is 5.60. The first-order valence-corrected chi connectivity index (χ1v) is 7.25. The number of carbonyl (C=O) groups is 1. The van der Waals surface area contributed by atoms with E-state index < -0.39 is 0 Å². The summed E-state index contributed by atoms with van der Waals surface area (Å²) in [6.07, 6.45) is 2.60. The first-order chi connectivity index (χ1) is 9.69. The van der Waals surface area contributed by atoms with E-state index in [1.165, 1.54) is 25.5 Å². The van der Waals surface area contributed by atoms with Crippen molar-refractivity contribution in [2.45, 2.75) is 19.4 Å². The van der Waals surface area contributed by atoms with Gasteiger partial charge in [0.05, 0.1) is 12.7 Å². The van der Waals surface area contributed by atoms with Crippen LogP contribution in [0.15, 0.2) is 24.3 Å². The second kappa shape index (κ2) is 7.41. The number of esters is 1. The highest BCUT2D eigenvalue weighted by atomic mass is 16.5. The van der Waals surface area contributed by atoms with Gasteiger partial charge < -0.3 is 15.0 Å². The lowest BCUT2D eigenvalue weighted by Gasteiger charge is -2.27. The largest absolute Gasteiger partial charge is 0.465 e. The van der Waals surface area contributed by atoms with Crippen LogP contribution >= 0.6 is 0 Å². The van der Waals surface area contributed by atoms with Gasteiger partial charge in [-0.05, 0) is 56.6 Å². The molecule has 4 heteroatoms. The molecule has 1 atom stereocenters. The van der Waals surface area contributed by atoms with Crippen LogP contribution in [0.4, 0.5) is 0 Å². The normalized spacial score (nSPS) is 19.1. The Morgan fingerprint density at radius 2 is 2.15 bits per heavy atom. The lowest BCUT2D eigenvalue weighted by atomic mass is 9.99. The third-order valence-corrected chi connectivity index (χ3v) is 3.80. The first kappa shape index (κ1) is 15.0. The van der Waals surface area contributed by atoms with Crippen molar-refractivity contribution in [1.82, 2.24) is 10.2 Å². The van der Waals surface area contributed by atoms with E-state index in [4.69, 9.17) is 4.74 Å². The molecule has 110 valence electrons. The number of piperidine rings is 1. The highest BCUT2D eigenvalue weighted by Crippen LogP contribution is 2.13. The zero-order chi connectivity index (χ0) is 14.4. The monoisotopic (exact) mass is 276 g/mol. The number of hydrogen-bond acceptors (Lipinski definition) is 4. The van der Waals surface area contributed by atoms with E-state index in [0.717, 1.165) is 32.1 Å². The maximum absolute atomic E-state index is 11.4. The molecule has 1 aliphatic rings. The third kappa shape index (κ3) is 4.32. The fraction of sp³-hybridized carbons (Fsp3) is 0.562. The van der Waals surface area contributed by atoms with Crippen molar-refractivity contribution in [2.24, 2.45) is 5.92 Å². The van der Waals surface area contributed by atoms with Crippen LogP contribution in [0.3, 0.4) is 0 Å². The molecule has 0 aliphatic carbocycles. The topological polar surface area (TPSA) is 41.6 Å². The maximum atomic E-state index is 11.4. The number of hydrogen-bond donors (Lipinski definition) is 1. The van der Waals surface area contributed by atoms with E-state index in [-0.39, 0.29) is 5.97 Å². The van der Waals surface area contributed by atoms with Crippen molar-refractivity contribution in [1.29, 1.82) is 0 Å². The Hall–Kier alpha value is -1.39. The van der Waals surface area contributed by atoms with Gasteiger partial charge in [-0.2, -0.15) is 0 Å². The van der Waals surface area contributed by atoms with Gasteiger partial charge in [0.25, 0.3) is 0 Å². The van der Waals surface area contributed by atoms with E-state index in [1.807, 2.05) is 24.3 Å². The molecule has 1 heterocycles. The summed E-state index contributed by atoms with van der Waals surface area (Å²) in [6, 6.07) is 7.66. The van der Waals surface area contributed by atoms with Crippen molar-refractivity contribution >= 4 is 5.97 Å². The van der Waals surface area contributed by atoms with Crippen LogP contribution < -0.4 is 5.32 Å². The molecule has 20 heavy (non-hydrogen) atoms. The lowest BCUT2D eigenvalue weighted by molar-refractivity contribution is 0.0600.